The van der Waals surface area contributed by atoms with Crippen LogP contribution in [0.25, 0.3) is 5.65 Å². The van der Waals surface area contributed by atoms with Crippen molar-refractivity contribution in [2.24, 2.45) is 7.05 Å². The van der Waals surface area contributed by atoms with E-state index in [1.165, 1.54) is 16.2 Å². The molecule has 3 rings (SSSR count). The number of aryl methyl sites for hydroxylation is 1. The first-order chi connectivity index (χ1) is 11.0. The van der Waals surface area contributed by atoms with Gasteiger partial charge in [-0.05, 0) is 22.0 Å². The highest BCUT2D eigenvalue weighted by Crippen LogP contribution is 2.22. The average Bonchev–Trinajstić information content (AvgIpc) is 3.07. The molecule has 0 saturated heterocycles. The smallest absolute Gasteiger partial charge is 0.277 e. The summed E-state index contributed by atoms with van der Waals surface area (Å²) in [6, 6.07) is 1.71. The largest absolute Gasteiger partial charge is 0.354 e. The van der Waals surface area contributed by atoms with Crippen LogP contribution in [0.5, 0.6) is 0 Å². The minimum atomic E-state index is -0.472. The number of anilines is 1. The van der Waals surface area contributed by atoms with Crippen LogP contribution in [0, 0.1) is 0 Å². The zero-order valence-electron chi connectivity index (χ0n) is 12.2. The molecule has 3 aromatic rings. The van der Waals surface area contributed by atoms with Gasteiger partial charge in [-0.25, -0.2) is 9.50 Å². The first-order valence-electron chi connectivity index (χ1n) is 6.57. The van der Waals surface area contributed by atoms with Crippen molar-refractivity contribution in [3.8, 4) is 0 Å². The maximum Gasteiger partial charge on any atom is 0.277 e. The molecule has 0 bridgehead atoms. The van der Waals surface area contributed by atoms with E-state index in [9.17, 15) is 9.59 Å². The zero-order chi connectivity index (χ0) is 16.6. The van der Waals surface area contributed by atoms with Crippen LogP contribution in [0.15, 0.2) is 29.1 Å². The molecule has 0 unspecified atom stereocenters. The lowest BCUT2D eigenvalue weighted by atomic mass is 10.3. The monoisotopic (exact) mass is 377 g/mol. The van der Waals surface area contributed by atoms with Crippen LogP contribution < -0.4 is 10.6 Å². The van der Waals surface area contributed by atoms with Crippen molar-refractivity contribution in [3.63, 3.8) is 0 Å². The predicted octanol–water partition coefficient (Wildman–Crippen LogP) is 0.837. The Bertz CT molecular complexity index is 914. The number of fused-ring (bicyclic) bond motifs is 1. The second-order valence-corrected chi connectivity index (χ2v) is 5.44. The molecule has 2 N–H and O–H groups in total. The number of carbonyl (C=O) groups is 2. The summed E-state index contributed by atoms with van der Waals surface area (Å²) >= 11 is 3.33. The third kappa shape index (κ3) is 2.68. The van der Waals surface area contributed by atoms with E-state index in [2.05, 4.69) is 41.7 Å². The third-order valence-corrected chi connectivity index (χ3v) is 3.80. The molecule has 23 heavy (non-hydrogen) atoms. The van der Waals surface area contributed by atoms with Crippen molar-refractivity contribution in [3.05, 3.63) is 40.5 Å². The summed E-state index contributed by atoms with van der Waals surface area (Å²) in [5.41, 5.74) is 1.11. The molecule has 3 aromatic heterocycles. The van der Waals surface area contributed by atoms with Crippen LogP contribution in [0.1, 0.15) is 21.0 Å². The maximum absolute atomic E-state index is 12.5. The van der Waals surface area contributed by atoms with Gasteiger partial charge in [0.1, 0.15) is 0 Å². The van der Waals surface area contributed by atoms with Gasteiger partial charge >= 0.3 is 0 Å². The molecule has 0 fully saturated rings. The molecule has 0 spiro atoms. The first kappa shape index (κ1) is 15.2. The Labute approximate surface area is 138 Å². The molecule has 0 aromatic carbocycles. The van der Waals surface area contributed by atoms with Crippen molar-refractivity contribution >= 4 is 39.1 Å². The van der Waals surface area contributed by atoms with Crippen molar-refractivity contribution in [1.82, 2.24) is 29.7 Å². The van der Waals surface area contributed by atoms with E-state index in [0.29, 0.717) is 15.8 Å². The molecule has 10 heteroatoms. The summed E-state index contributed by atoms with van der Waals surface area (Å²) in [4.78, 5) is 28.4. The minimum absolute atomic E-state index is 0.126. The van der Waals surface area contributed by atoms with Crippen LogP contribution in [-0.2, 0) is 7.05 Å². The average molecular weight is 378 g/mol. The normalized spacial score (nSPS) is 10.7. The quantitative estimate of drug-likeness (QED) is 0.703. The molecular weight excluding hydrogens is 366 g/mol. The number of carbonyl (C=O) groups excluding carboxylic acids is 2. The topological polar surface area (TPSA) is 106 Å². The minimum Gasteiger partial charge on any atom is -0.354 e. The summed E-state index contributed by atoms with van der Waals surface area (Å²) < 4.78 is 3.41. The van der Waals surface area contributed by atoms with Crippen LogP contribution >= 0.6 is 15.9 Å². The van der Waals surface area contributed by atoms with E-state index >= 15 is 0 Å². The van der Waals surface area contributed by atoms with Gasteiger partial charge in [0.25, 0.3) is 11.8 Å². The van der Waals surface area contributed by atoms with E-state index in [0.717, 1.165) is 0 Å². The highest BCUT2D eigenvalue weighted by Gasteiger charge is 2.22. The lowest BCUT2D eigenvalue weighted by Crippen LogP contribution is -2.21. The Balaban J connectivity index is 1.95. The molecule has 0 saturated carbocycles. The highest BCUT2D eigenvalue weighted by atomic mass is 79.9. The Hall–Kier alpha value is -2.75. The Kier molecular flexibility index (Phi) is 3.82. The van der Waals surface area contributed by atoms with E-state index in [4.69, 9.17) is 0 Å². The van der Waals surface area contributed by atoms with E-state index < -0.39 is 11.8 Å². The summed E-state index contributed by atoms with van der Waals surface area (Å²) in [6.07, 6.45) is 4.84. The number of hydrogen-bond acceptors (Lipinski definition) is 5. The molecule has 0 aliphatic rings. The van der Waals surface area contributed by atoms with Crippen molar-refractivity contribution < 1.29 is 9.59 Å². The van der Waals surface area contributed by atoms with Gasteiger partial charge in [-0.2, -0.15) is 10.2 Å². The van der Waals surface area contributed by atoms with Crippen LogP contribution in [0.3, 0.4) is 0 Å². The second kappa shape index (κ2) is 5.80. The maximum atomic E-state index is 12.5. The molecule has 0 aliphatic heterocycles. The summed E-state index contributed by atoms with van der Waals surface area (Å²) in [6.45, 7) is 0. The summed E-state index contributed by atoms with van der Waals surface area (Å²) in [5, 5.41) is 13.3. The molecule has 118 valence electrons. The van der Waals surface area contributed by atoms with E-state index in [-0.39, 0.29) is 11.4 Å². The van der Waals surface area contributed by atoms with Gasteiger partial charge in [-0.15, -0.1) is 0 Å². The number of hydrogen-bond donors (Lipinski definition) is 2. The fourth-order valence-electron chi connectivity index (χ4n) is 2.05. The fourth-order valence-corrected chi connectivity index (χ4v) is 2.59. The number of halogens is 1. The number of nitrogens with zero attached hydrogens (tertiary/aromatic N) is 5. The van der Waals surface area contributed by atoms with Crippen molar-refractivity contribution in [1.29, 1.82) is 0 Å². The fraction of sp³-hybridized carbons (Fsp3) is 0.154. The zero-order valence-corrected chi connectivity index (χ0v) is 13.8. The molecule has 0 aliphatic carbocycles. The SMILES string of the molecule is CNC(=O)c1nn(C)cc1NC(=O)c1nn2cccnc2c1Br. The molecule has 0 radical (unpaired) electrons. The van der Waals surface area contributed by atoms with Gasteiger partial charge in [0, 0.05) is 32.7 Å². The lowest BCUT2D eigenvalue weighted by Gasteiger charge is -2.02. The van der Waals surface area contributed by atoms with Gasteiger partial charge in [0.05, 0.1) is 10.2 Å². The van der Waals surface area contributed by atoms with Gasteiger partial charge in [0.2, 0.25) is 0 Å². The Morgan fingerprint density at radius 1 is 1.22 bits per heavy atom. The number of amides is 2. The van der Waals surface area contributed by atoms with Crippen LogP contribution in [0.2, 0.25) is 0 Å². The second-order valence-electron chi connectivity index (χ2n) is 4.65. The summed E-state index contributed by atoms with van der Waals surface area (Å²) in [5.74, 6) is -0.864. The standard InChI is InChI=1S/C13H12BrN7O2/c1-15-12(22)9-7(6-20(2)18-9)17-13(23)10-8(14)11-16-4-3-5-21(11)19-10/h3-6H,1-2H3,(H,15,22)(H,17,23). The van der Waals surface area contributed by atoms with Gasteiger partial charge in [-0.3, -0.25) is 14.3 Å². The molecule has 3 heterocycles. The van der Waals surface area contributed by atoms with Crippen LogP contribution in [0.4, 0.5) is 5.69 Å². The van der Waals surface area contributed by atoms with Gasteiger partial charge in [0.15, 0.2) is 17.0 Å². The third-order valence-electron chi connectivity index (χ3n) is 3.07. The van der Waals surface area contributed by atoms with Gasteiger partial charge < -0.3 is 10.6 Å². The first-order valence-corrected chi connectivity index (χ1v) is 7.36. The Morgan fingerprint density at radius 2 is 2.00 bits per heavy atom. The number of aromatic nitrogens is 5. The van der Waals surface area contributed by atoms with E-state index in [1.807, 2.05) is 0 Å². The highest BCUT2D eigenvalue weighted by molar-refractivity contribution is 9.10. The molecular formula is C13H12BrN7O2. The number of nitrogens with one attached hydrogen (secondary N) is 2. The predicted molar refractivity (Wildman–Crippen MR) is 85.2 cm³/mol. The molecule has 0 atom stereocenters. The van der Waals surface area contributed by atoms with Crippen LogP contribution in [-0.4, -0.2) is 43.2 Å². The lowest BCUT2D eigenvalue weighted by molar-refractivity contribution is 0.0958. The summed E-state index contributed by atoms with van der Waals surface area (Å²) in [7, 11) is 3.15. The van der Waals surface area contributed by atoms with E-state index in [1.54, 1.807) is 31.7 Å². The van der Waals surface area contributed by atoms with Crippen molar-refractivity contribution in [2.45, 2.75) is 0 Å². The van der Waals surface area contributed by atoms with Crippen molar-refractivity contribution in [2.75, 3.05) is 12.4 Å². The Morgan fingerprint density at radius 3 is 2.70 bits per heavy atom. The molecule has 2 amide bonds. The van der Waals surface area contributed by atoms with Gasteiger partial charge in [-0.1, -0.05) is 0 Å². The number of rotatable bonds is 3. The molecule has 9 nitrogen and oxygen atoms in total.